The Labute approximate surface area is 105 Å². The summed E-state index contributed by atoms with van der Waals surface area (Å²) < 4.78 is 4.74. The summed E-state index contributed by atoms with van der Waals surface area (Å²) in [4.78, 5) is 11.5. The molecule has 2 aromatic rings. The second-order valence-electron chi connectivity index (χ2n) is 3.94. The Morgan fingerprint density at radius 1 is 1.33 bits per heavy atom. The van der Waals surface area contributed by atoms with Crippen molar-refractivity contribution in [1.82, 2.24) is 10.5 Å². The minimum atomic E-state index is -0.271. The smallest absolute Gasteiger partial charge is 0.289 e. The van der Waals surface area contributed by atoms with Gasteiger partial charge in [0, 0.05) is 18.7 Å². The van der Waals surface area contributed by atoms with Crippen LogP contribution in [0.25, 0.3) is 0 Å². The van der Waals surface area contributed by atoms with E-state index in [4.69, 9.17) is 10.3 Å². The molecule has 18 heavy (non-hydrogen) atoms. The Bertz CT molecular complexity index is 482. The van der Waals surface area contributed by atoms with E-state index in [2.05, 4.69) is 10.5 Å². The molecular formula is C13H15N3O2. The third kappa shape index (κ3) is 3.18. The fourth-order valence-corrected chi connectivity index (χ4v) is 1.63. The van der Waals surface area contributed by atoms with Crippen molar-refractivity contribution < 1.29 is 9.32 Å². The highest BCUT2D eigenvalue weighted by molar-refractivity contribution is 5.91. The fraction of sp³-hybridized carbons (Fsp3) is 0.231. The monoisotopic (exact) mass is 245 g/mol. The normalized spacial score (nSPS) is 12.1. The van der Waals surface area contributed by atoms with Crippen molar-refractivity contribution in [3.63, 3.8) is 0 Å². The quantitative estimate of drug-likeness (QED) is 0.836. The number of carbonyl (C=O) groups is 1. The Hall–Kier alpha value is -2.14. The number of nitrogens with zero attached hydrogens (tertiary/aromatic N) is 1. The molecular weight excluding hydrogens is 230 g/mol. The van der Waals surface area contributed by atoms with E-state index in [1.165, 1.54) is 12.3 Å². The highest BCUT2D eigenvalue weighted by Gasteiger charge is 2.10. The minimum Gasteiger partial charge on any atom is -0.351 e. The zero-order chi connectivity index (χ0) is 12.8. The SMILES string of the molecule is NC(CCNC(=O)c1ccno1)c1ccccc1. The van der Waals surface area contributed by atoms with Crippen LogP contribution in [0.3, 0.4) is 0 Å². The maximum Gasteiger partial charge on any atom is 0.289 e. The second-order valence-corrected chi connectivity index (χ2v) is 3.94. The molecule has 0 saturated heterocycles. The molecule has 3 N–H and O–H groups in total. The van der Waals surface area contributed by atoms with Crippen LogP contribution < -0.4 is 11.1 Å². The van der Waals surface area contributed by atoms with Crippen LogP contribution in [0.1, 0.15) is 28.6 Å². The first-order valence-electron chi connectivity index (χ1n) is 5.77. The number of carbonyl (C=O) groups excluding carboxylic acids is 1. The Morgan fingerprint density at radius 3 is 2.78 bits per heavy atom. The molecule has 0 spiro atoms. The molecule has 0 saturated carbocycles. The molecule has 0 aliphatic heterocycles. The van der Waals surface area contributed by atoms with Crippen LogP contribution in [0.15, 0.2) is 47.1 Å². The van der Waals surface area contributed by atoms with Crippen LogP contribution in [0.2, 0.25) is 0 Å². The molecule has 94 valence electrons. The first-order chi connectivity index (χ1) is 8.77. The van der Waals surface area contributed by atoms with Crippen LogP contribution in [-0.4, -0.2) is 17.6 Å². The van der Waals surface area contributed by atoms with Gasteiger partial charge in [0.05, 0.1) is 6.20 Å². The van der Waals surface area contributed by atoms with Gasteiger partial charge in [-0.3, -0.25) is 4.79 Å². The van der Waals surface area contributed by atoms with Crippen molar-refractivity contribution in [3.8, 4) is 0 Å². The number of benzene rings is 1. The molecule has 1 amide bonds. The number of nitrogens with two attached hydrogens (primary N) is 1. The van der Waals surface area contributed by atoms with Crippen LogP contribution >= 0.6 is 0 Å². The average molecular weight is 245 g/mol. The third-order valence-corrected chi connectivity index (χ3v) is 2.63. The van der Waals surface area contributed by atoms with E-state index >= 15 is 0 Å². The van der Waals surface area contributed by atoms with Gasteiger partial charge >= 0.3 is 0 Å². The molecule has 1 aromatic carbocycles. The Kier molecular flexibility index (Phi) is 4.09. The fourth-order valence-electron chi connectivity index (χ4n) is 1.63. The largest absolute Gasteiger partial charge is 0.351 e. The summed E-state index contributed by atoms with van der Waals surface area (Å²) in [7, 11) is 0. The summed E-state index contributed by atoms with van der Waals surface area (Å²) in [6, 6.07) is 11.2. The van der Waals surface area contributed by atoms with Gasteiger partial charge in [0.2, 0.25) is 5.76 Å². The number of amides is 1. The van der Waals surface area contributed by atoms with E-state index in [1.807, 2.05) is 30.3 Å². The van der Waals surface area contributed by atoms with Gasteiger partial charge in [0.15, 0.2) is 0 Å². The van der Waals surface area contributed by atoms with Gasteiger partial charge in [-0.05, 0) is 12.0 Å². The maximum absolute atomic E-state index is 11.5. The summed E-state index contributed by atoms with van der Waals surface area (Å²) >= 11 is 0. The van der Waals surface area contributed by atoms with Crippen molar-refractivity contribution in [2.45, 2.75) is 12.5 Å². The van der Waals surface area contributed by atoms with Crippen molar-refractivity contribution >= 4 is 5.91 Å². The van der Waals surface area contributed by atoms with E-state index in [1.54, 1.807) is 0 Å². The Balaban J connectivity index is 1.77. The third-order valence-electron chi connectivity index (χ3n) is 2.63. The average Bonchev–Trinajstić information content (AvgIpc) is 2.93. The summed E-state index contributed by atoms with van der Waals surface area (Å²) in [6.45, 7) is 0.496. The van der Waals surface area contributed by atoms with Crippen molar-refractivity contribution in [2.24, 2.45) is 5.73 Å². The lowest BCUT2D eigenvalue weighted by molar-refractivity contribution is 0.0915. The zero-order valence-corrected chi connectivity index (χ0v) is 9.87. The van der Waals surface area contributed by atoms with Crippen molar-refractivity contribution in [2.75, 3.05) is 6.54 Å². The summed E-state index contributed by atoms with van der Waals surface area (Å²) in [5, 5.41) is 6.21. The van der Waals surface area contributed by atoms with Gasteiger partial charge in [-0.2, -0.15) is 0 Å². The standard InChI is InChI=1S/C13H15N3O2/c14-11(10-4-2-1-3-5-10)6-8-15-13(17)12-7-9-16-18-12/h1-5,7,9,11H,6,8,14H2,(H,15,17). The Morgan fingerprint density at radius 2 is 2.11 bits per heavy atom. The highest BCUT2D eigenvalue weighted by atomic mass is 16.5. The van der Waals surface area contributed by atoms with Crippen LogP contribution in [0.4, 0.5) is 0 Å². The van der Waals surface area contributed by atoms with Crippen molar-refractivity contribution in [3.05, 3.63) is 53.9 Å². The number of rotatable bonds is 5. The molecule has 1 atom stereocenters. The van der Waals surface area contributed by atoms with Crippen LogP contribution in [0, 0.1) is 0 Å². The molecule has 0 aliphatic rings. The van der Waals surface area contributed by atoms with E-state index in [-0.39, 0.29) is 17.7 Å². The lowest BCUT2D eigenvalue weighted by atomic mass is 10.1. The minimum absolute atomic E-state index is 0.0822. The van der Waals surface area contributed by atoms with E-state index in [0.29, 0.717) is 13.0 Å². The molecule has 0 fully saturated rings. The topological polar surface area (TPSA) is 81.1 Å². The van der Waals surface area contributed by atoms with E-state index in [0.717, 1.165) is 5.56 Å². The molecule has 5 heteroatoms. The molecule has 0 aliphatic carbocycles. The number of hydrogen-bond acceptors (Lipinski definition) is 4. The van der Waals surface area contributed by atoms with Gasteiger partial charge in [-0.15, -0.1) is 0 Å². The molecule has 5 nitrogen and oxygen atoms in total. The summed E-state index contributed by atoms with van der Waals surface area (Å²) in [5.41, 5.74) is 7.07. The number of aromatic nitrogens is 1. The van der Waals surface area contributed by atoms with Gasteiger partial charge in [0.1, 0.15) is 0 Å². The maximum atomic E-state index is 11.5. The zero-order valence-electron chi connectivity index (χ0n) is 9.87. The van der Waals surface area contributed by atoms with Gasteiger partial charge in [0.25, 0.3) is 5.91 Å². The molecule has 1 aromatic heterocycles. The van der Waals surface area contributed by atoms with Crippen molar-refractivity contribution in [1.29, 1.82) is 0 Å². The van der Waals surface area contributed by atoms with Gasteiger partial charge < -0.3 is 15.6 Å². The highest BCUT2D eigenvalue weighted by Crippen LogP contribution is 2.12. The molecule has 1 heterocycles. The van der Waals surface area contributed by atoms with Crippen LogP contribution in [0.5, 0.6) is 0 Å². The lowest BCUT2D eigenvalue weighted by Gasteiger charge is -2.11. The van der Waals surface area contributed by atoms with Gasteiger partial charge in [-0.1, -0.05) is 35.5 Å². The van der Waals surface area contributed by atoms with E-state index in [9.17, 15) is 4.79 Å². The molecule has 0 bridgehead atoms. The first kappa shape index (κ1) is 12.3. The van der Waals surface area contributed by atoms with Gasteiger partial charge in [-0.25, -0.2) is 0 Å². The molecule has 2 rings (SSSR count). The first-order valence-corrected chi connectivity index (χ1v) is 5.77. The molecule has 1 unspecified atom stereocenters. The second kappa shape index (κ2) is 5.97. The number of hydrogen-bond donors (Lipinski definition) is 2. The lowest BCUT2D eigenvalue weighted by Crippen LogP contribution is -2.26. The molecule has 0 radical (unpaired) electrons. The van der Waals surface area contributed by atoms with E-state index < -0.39 is 0 Å². The predicted molar refractivity (Wildman–Crippen MR) is 66.8 cm³/mol. The van der Waals surface area contributed by atoms with Crippen LogP contribution in [-0.2, 0) is 0 Å². The predicted octanol–water partition coefficient (Wildman–Crippen LogP) is 1.49. The summed E-state index contributed by atoms with van der Waals surface area (Å²) in [5.74, 6) is -0.0592. The summed E-state index contributed by atoms with van der Waals surface area (Å²) in [6.07, 6.45) is 2.11. The number of nitrogens with one attached hydrogen (secondary N) is 1.